The molecule has 2 unspecified atom stereocenters. The summed E-state index contributed by atoms with van der Waals surface area (Å²) in [6, 6.07) is 7.31. The summed E-state index contributed by atoms with van der Waals surface area (Å²) < 4.78 is 10.5. The molecule has 0 spiro atoms. The van der Waals surface area contributed by atoms with Gasteiger partial charge in [0.1, 0.15) is 0 Å². The molecular weight excluding hydrogens is 504 g/mol. The molecule has 0 aromatic carbocycles. The van der Waals surface area contributed by atoms with Crippen LogP contribution in [0, 0.1) is 11.8 Å². The molecule has 0 radical (unpaired) electrons. The summed E-state index contributed by atoms with van der Waals surface area (Å²) in [6.07, 6.45) is -3.17. The molecule has 0 fully saturated rings. The van der Waals surface area contributed by atoms with Crippen LogP contribution in [0.15, 0.2) is 35.0 Å². The summed E-state index contributed by atoms with van der Waals surface area (Å²) >= 11 is 2.88. The second-order valence-corrected chi connectivity index (χ2v) is 10.9. The average Bonchev–Trinajstić information content (AvgIpc) is 3.52. The van der Waals surface area contributed by atoms with Gasteiger partial charge in [0, 0.05) is 9.75 Å². The topological polar surface area (TPSA) is 128 Å². The Kier molecular flexibility index (Phi) is 11.7. The van der Waals surface area contributed by atoms with E-state index in [0.717, 1.165) is 9.75 Å². The van der Waals surface area contributed by atoms with Gasteiger partial charge in [-0.25, -0.2) is 4.79 Å². The number of nitrogens with one attached hydrogen (secondary N) is 2. The third-order valence-electron chi connectivity index (χ3n) is 5.04. The van der Waals surface area contributed by atoms with E-state index >= 15 is 0 Å². The van der Waals surface area contributed by atoms with Crippen LogP contribution in [0.25, 0.3) is 0 Å². The van der Waals surface area contributed by atoms with Gasteiger partial charge in [0.2, 0.25) is 11.8 Å². The van der Waals surface area contributed by atoms with Crippen LogP contribution in [0.3, 0.4) is 0 Å². The second kappa shape index (κ2) is 14.5. The lowest BCUT2D eigenvalue weighted by Crippen LogP contribution is -2.43. The van der Waals surface area contributed by atoms with Crippen molar-refractivity contribution in [1.82, 2.24) is 10.6 Å². The highest BCUT2D eigenvalue weighted by atomic mass is 32.1. The van der Waals surface area contributed by atoms with Crippen LogP contribution in [0.1, 0.15) is 37.4 Å². The summed E-state index contributed by atoms with van der Waals surface area (Å²) in [7, 11) is 0. The van der Waals surface area contributed by atoms with Crippen molar-refractivity contribution >= 4 is 52.2 Å². The van der Waals surface area contributed by atoms with Gasteiger partial charge in [-0.05, 0) is 34.7 Å². The lowest BCUT2D eigenvalue weighted by Gasteiger charge is -2.24. The zero-order valence-electron chi connectivity index (χ0n) is 20.8. The van der Waals surface area contributed by atoms with Crippen LogP contribution < -0.4 is 10.6 Å². The maximum atomic E-state index is 12.6. The van der Waals surface area contributed by atoms with Crippen molar-refractivity contribution in [2.24, 2.45) is 11.8 Å². The van der Waals surface area contributed by atoms with Gasteiger partial charge in [-0.3, -0.25) is 19.2 Å². The van der Waals surface area contributed by atoms with E-state index in [1.54, 1.807) is 27.7 Å². The summed E-state index contributed by atoms with van der Waals surface area (Å²) in [5, 5.41) is 8.80. The zero-order chi connectivity index (χ0) is 26.7. The van der Waals surface area contributed by atoms with E-state index in [0.29, 0.717) is 0 Å². The Balaban J connectivity index is 1.85. The van der Waals surface area contributed by atoms with Crippen molar-refractivity contribution in [3.05, 3.63) is 44.8 Å². The van der Waals surface area contributed by atoms with E-state index in [9.17, 15) is 24.0 Å². The molecule has 2 amide bonds. The van der Waals surface area contributed by atoms with E-state index in [-0.39, 0.29) is 49.6 Å². The summed E-state index contributed by atoms with van der Waals surface area (Å²) in [6.45, 7) is 6.16. The fourth-order valence-electron chi connectivity index (χ4n) is 3.22. The van der Waals surface area contributed by atoms with Crippen LogP contribution in [-0.2, 0) is 41.5 Å². The maximum absolute atomic E-state index is 12.6. The fraction of sp³-hybridized carbons (Fsp3) is 0.480. The van der Waals surface area contributed by atoms with Crippen molar-refractivity contribution in [3.8, 4) is 0 Å². The number of hydrogen-bond donors (Lipinski definition) is 2. The van der Waals surface area contributed by atoms with Gasteiger partial charge in [-0.1, -0.05) is 39.8 Å². The Morgan fingerprint density at radius 3 is 1.42 bits per heavy atom. The molecule has 2 N–H and O–H groups in total. The first-order chi connectivity index (χ1) is 17.1. The van der Waals surface area contributed by atoms with Gasteiger partial charge in [-0.2, -0.15) is 0 Å². The largest absolute Gasteiger partial charge is 0.509 e. The number of carbonyl (C=O) groups is 5. The predicted molar refractivity (Wildman–Crippen MR) is 137 cm³/mol. The number of carbonyl (C=O) groups excluding carboxylic acids is 5. The van der Waals surface area contributed by atoms with Crippen molar-refractivity contribution in [2.45, 2.75) is 52.7 Å². The molecule has 0 bridgehead atoms. The molecule has 2 aromatic heterocycles. The highest BCUT2D eigenvalue weighted by molar-refractivity contribution is 7.10. The number of Topliss-reactive ketones (excluding diaryl/α,β-unsaturated/α-hetero) is 2. The van der Waals surface area contributed by atoms with Crippen LogP contribution in [0.2, 0.25) is 0 Å². The predicted octanol–water partition coefficient (Wildman–Crippen LogP) is 3.17. The van der Waals surface area contributed by atoms with Crippen molar-refractivity contribution in [2.75, 3.05) is 13.1 Å². The quantitative estimate of drug-likeness (QED) is 0.355. The van der Waals surface area contributed by atoms with E-state index in [2.05, 4.69) is 10.6 Å². The molecule has 0 aliphatic heterocycles. The maximum Gasteiger partial charge on any atom is 0.509 e. The molecule has 36 heavy (non-hydrogen) atoms. The Morgan fingerprint density at radius 1 is 0.722 bits per heavy atom. The summed E-state index contributed by atoms with van der Waals surface area (Å²) in [5.74, 6) is -2.39. The first kappa shape index (κ1) is 29.2. The molecule has 0 aliphatic carbocycles. The average molecular weight is 537 g/mol. The number of ether oxygens (including phenoxy) is 2. The number of thiophene rings is 2. The standard InChI is InChI=1S/C25H32N2O7S2/c1-15(2)23(19(28)13-26-21(30)11-17-7-5-9-35-17)33-25(32)34-24(16(3)4)20(29)14-27-22(31)12-18-8-6-10-36-18/h5-10,15-16,23-24H,11-14H2,1-4H3,(H,26,30)(H,27,31). The number of hydrogen-bond acceptors (Lipinski definition) is 9. The van der Waals surface area contributed by atoms with Crippen molar-refractivity contribution in [3.63, 3.8) is 0 Å². The van der Waals surface area contributed by atoms with Gasteiger partial charge in [0.25, 0.3) is 0 Å². The van der Waals surface area contributed by atoms with Gasteiger partial charge in [-0.15, -0.1) is 22.7 Å². The lowest BCUT2D eigenvalue weighted by atomic mass is 10.0. The van der Waals surface area contributed by atoms with Gasteiger partial charge in [0.15, 0.2) is 23.8 Å². The molecule has 2 atom stereocenters. The van der Waals surface area contributed by atoms with Crippen molar-refractivity contribution < 1.29 is 33.4 Å². The summed E-state index contributed by atoms with van der Waals surface area (Å²) in [5.41, 5.74) is 0. The Labute approximate surface area is 218 Å². The number of rotatable bonds is 14. The first-order valence-corrected chi connectivity index (χ1v) is 13.3. The lowest BCUT2D eigenvalue weighted by molar-refractivity contribution is -0.137. The molecule has 9 nitrogen and oxygen atoms in total. The smallest absolute Gasteiger partial charge is 0.423 e. The fourth-order valence-corrected chi connectivity index (χ4v) is 4.63. The highest BCUT2D eigenvalue weighted by Gasteiger charge is 2.31. The Bertz CT molecular complexity index is 937. The minimum atomic E-state index is -1.16. The normalized spacial score (nSPS) is 12.6. The highest BCUT2D eigenvalue weighted by Crippen LogP contribution is 2.14. The molecular formula is C25H32N2O7S2. The van der Waals surface area contributed by atoms with E-state index in [4.69, 9.17) is 9.47 Å². The van der Waals surface area contributed by atoms with Gasteiger partial charge >= 0.3 is 6.16 Å². The Hall–Kier alpha value is -3.05. The van der Waals surface area contributed by atoms with Crippen LogP contribution in [-0.4, -0.2) is 54.8 Å². The zero-order valence-corrected chi connectivity index (χ0v) is 22.4. The van der Waals surface area contributed by atoms with Crippen molar-refractivity contribution in [1.29, 1.82) is 0 Å². The SMILES string of the molecule is CC(C)C(OC(=O)OC(C(=O)CNC(=O)Cc1cccs1)C(C)C)C(=O)CNC(=O)Cc1cccs1. The molecule has 0 aliphatic rings. The second-order valence-electron chi connectivity index (χ2n) is 8.81. The number of ketones is 2. The molecule has 0 saturated carbocycles. The van der Waals surface area contributed by atoms with E-state index in [1.165, 1.54) is 22.7 Å². The minimum absolute atomic E-state index is 0.155. The summed E-state index contributed by atoms with van der Waals surface area (Å²) in [4.78, 5) is 63.6. The monoisotopic (exact) mass is 536 g/mol. The molecule has 2 rings (SSSR count). The van der Waals surface area contributed by atoms with E-state index in [1.807, 2.05) is 35.0 Å². The van der Waals surface area contributed by atoms with Crippen LogP contribution >= 0.6 is 22.7 Å². The molecule has 0 saturated heterocycles. The molecule has 2 aromatic rings. The first-order valence-electron chi connectivity index (χ1n) is 11.6. The van der Waals surface area contributed by atoms with E-state index < -0.39 is 29.9 Å². The Morgan fingerprint density at radius 2 is 1.11 bits per heavy atom. The number of amides is 2. The third kappa shape index (κ3) is 9.90. The van der Waals surface area contributed by atoms with Gasteiger partial charge in [0.05, 0.1) is 25.9 Å². The molecule has 196 valence electrons. The third-order valence-corrected chi connectivity index (χ3v) is 6.79. The van der Waals surface area contributed by atoms with Crippen LogP contribution in [0.5, 0.6) is 0 Å². The minimum Gasteiger partial charge on any atom is -0.423 e. The molecule has 11 heteroatoms. The van der Waals surface area contributed by atoms with Gasteiger partial charge < -0.3 is 20.1 Å². The molecule has 2 heterocycles. The van der Waals surface area contributed by atoms with Crippen LogP contribution in [0.4, 0.5) is 4.79 Å².